The third kappa shape index (κ3) is 4.11. The minimum Gasteiger partial charge on any atom is -0.372 e. The first-order chi connectivity index (χ1) is 8.31. The molecule has 0 aromatic heterocycles. The van der Waals surface area contributed by atoms with Gasteiger partial charge in [-0.25, -0.2) is 0 Å². The van der Waals surface area contributed by atoms with Gasteiger partial charge in [0.2, 0.25) is 5.91 Å². The summed E-state index contributed by atoms with van der Waals surface area (Å²) in [7, 11) is 0. The van der Waals surface area contributed by atoms with Gasteiger partial charge in [0.15, 0.2) is 0 Å². The van der Waals surface area contributed by atoms with E-state index >= 15 is 0 Å². The van der Waals surface area contributed by atoms with Crippen LogP contribution in [-0.2, 0) is 9.53 Å². The molecule has 2 aliphatic heterocycles. The van der Waals surface area contributed by atoms with Crippen molar-refractivity contribution in [3.8, 4) is 0 Å². The van der Waals surface area contributed by atoms with Crippen LogP contribution in [0.2, 0.25) is 0 Å². The topological polar surface area (TPSA) is 41.6 Å². The number of carbonyl (C=O) groups is 1. The van der Waals surface area contributed by atoms with Crippen LogP contribution in [0.5, 0.6) is 0 Å². The molecule has 0 unspecified atom stereocenters. The molecular weight excluding hydrogens is 252 g/mol. The smallest absolute Gasteiger partial charge is 0.248 e. The Morgan fingerprint density at radius 3 is 2.44 bits per heavy atom. The van der Waals surface area contributed by atoms with Crippen molar-refractivity contribution < 1.29 is 9.53 Å². The highest BCUT2D eigenvalue weighted by Crippen LogP contribution is 2.26. The monoisotopic (exact) mass is 276 g/mol. The zero-order chi connectivity index (χ0) is 12.1. The Hall–Kier alpha value is -0.320. The maximum absolute atomic E-state index is 11.9. The van der Waals surface area contributed by atoms with Gasteiger partial charge in [-0.2, -0.15) is 0 Å². The van der Waals surface area contributed by atoms with Crippen molar-refractivity contribution in [1.29, 1.82) is 0 Å². The highest BCUT2D eigenvalue weighted by Gasteiger charge is 2.31. The molecule has 0 aliphatic carbocycles. The second-order valence-corrected chi connectivity index (χ2v) is 5.19. The normalized spacial score (nSPS) is 27.3. The number of hydrogen-bond acceptors (Lipinski definition) is 3. The van der Waals surface area contributed by atoms with Crippen molar-refractivity contribution in [3.05, 3.63) is 0 Å². The van der Waals surface area contributed by atoms with Crippen molar-refractivity contribution in [2.24, 2.45) is 11.8 Å². The number of likely N-dealkylation sites (tertiary alicyclic amines) is 1. The number of carbonyl (C=O) groups excluding carboxylic acids is 1. The molecule has 0 aromatic rings. The van der Waals surface area contributed by atoms with Gasteiger partial charge in [-0.1, -0.05) is 6.92 Å². The van der Waals surface area contributed by atoms with Gasteiger partial charge in [-0.3, -0.25) is 4.79 Å². The molecule has 0 spiro atoms. The first-order valence-corrected chi connectivity index (χ1v) is 6.87. The molecule has 0 saturated carbocycles. The number of fused-ring (bicyclic) bond motifs is 1. The maximum Gasteiger partial charge on any atom is 0.248 e. The lowest BCUT2D eigenvalue weighted by Gasteiger charge is -2.20. The minimum atomic E-state index is 0. The van der Waals surface area contributed by atoms with Crippen molar-refractivity contribution in [1.82, 2.24) is 10.2 Å². The molecule has 1 N–H and O–H groups in total. The van der Waals surface area contributed by atoms with Crippen molar-refractivity contribution >= 4 is 18.3 Å². The third-order valence-corrected chi connectivity index (χ3v) is 3.95. The summed E-state index contributed by atoms with van der Waals surface area (Å²) in [6.07, 6.45) is 3.28. The van der Waals surface area contributed by atoms with Crippen LogP contribution in [0.1, 0.15) is 26.2 Å². The van der Waals surface area contributed by atoms with E-state index in [2.05, 4.69) is 12.2 Å². The van der Waals surface area contributed by atoms with E-state index in [1.807, 2.05) is 4.90 Å². The Morgan fingerprint density at radius 1 is 1.28 bits per heavy atom. The van der Waals surface area contributed by atoms with Crippen LogP contribution >= 0.6 is 12.4 Å². The Bertz CT molecular complexity index is 249. The van der Waals surface area contributed by atoms with E-state index in [1.165, 1.54) is 0 Å². The summed E-state index contributed by atoms with van der Waals surface area (Å²) in [6.45, 7) is 7.12. The van der Waals surface area contributed by atoms with Crippen LogP contribution < -0.4 is 5.32 Å². The summed E-state index contributed by atoms with van der Waals surface area (Å²) in [4.78, 5) is 13.9. The molecule has 0 radical (unpaired) electrons. The maximum atomic E-state index is 11.9. The predicted molar refractivity (Wildman–Crippen MR) is 74.0 cm³/mol. The van der Waals surface area contributed by atoms with Gasteiger partial charge < -0.3 is 15.0 Å². The average molecular weight is 277 g/mol. The number of nitrogens with one attached hydrogen (secondary N) is 1. The Balaban J connectivity index is 0.00000162. The number of ether oxygens (including phenoxy) is 1. The van der Waals surface area contributed by atoms with Crippen LogP contribution in [0.4, 0.5) is 0 Å². The molecule has 18 heavy (non-hydrogen) atoms. The van der Waals surface area contributed by atoms with Crippen LogP contribution in [-0.4, -0.2) is 50.2 Å². The zero-order valence-corrected chi connectivity index (χ0v) is 12.0. The standard InChI is InChI=1S/C13H24N2O2.ClH/c1-2-7-17-10-13(16)15-5-3-11-8-14-9-12(11)4-6-15;/h11-12,14H,2-10H2,1H3;1H/t11-,12+;. The van der Waals surface area contributed by atoms with Crippen molar-refractivity contribution in [2.75, 3.05) is 39.4 Å². The lowest BCUT2D eigenvalue weighted by molar-refractivity contribution is -0.136. The van der Waals surface area contributed by atoms with Gasteiger partial charge >= 0.3 is 0 Å². The summed E-state index contributed by atoms with van der Waals surface area (Å²) in [5, 5.41) is 3.45. The first kappa shape index (κ1) is 15.7. The van der Waals surface area contributed by atoms with Gasteiger partial charge in [0.25, 0.3) is 0 Å². The molecule has 0 bridgehead atoms. The molecule has 1 amide bonds. The largest absolute Gasteiger partial charge is 0.372 e. The number of amides is 1. The van der Waals surface area contributed by atoms with Gasteiger partial charge in [-0.15, -0.1) is 12.4 Å². The predicted octanol–water partition coefficient (Wildman–Crippen LogP) is 1.29. The van der Waals surface area contributed by atoms with E-state index in [4.69, 9.17) is 4.74 Å². The Labute approximate surface area is 116 Å². The fourth-order valence-electron chi connectivity index (χ4n) is 2.86. The van der Waals surface area contributed by atoms with Crippen LogP contribution in [0.15, 0.2) is 0 Å². The van der Waals surface area contributed by atoms with E-state index in [0.29, 0.717) is 6.61 Å². The van der Waals surface area contributed by atoms with E-state index < -0.39 is 0 Å². The van der Waals surface area contributed by atoms with Crippen LogP contribution in [0.3, 0.4) is 0 Å². The number of halogens is 1. The van der Waals surface area contributed by atoms with Crippen LogP contribution in [0.25, 0.3) is 0 Å². The molecule has 4 nitrogen and oxygen atoms in total. The number of nitrogens with zero attached hydrogens (tertiary/aromatic N) is 1. The molecule has 5 heteroatoms. The zero-order valence-electron chi connectivity index (χ0n) is 11.2. The highest BCUT2D eigenvalue weighted by molar-refractivity contribution is 5.85. The molecule has 2 rings (SSSR count). The van der Waals surface area contributed by atoms with E-state index in [9.17, 15) is 4.79 Å². The highest BCUT2D eigenvalue weighted by atomic mass is 35.5. The van der Waals surface area contributed by atoms with Gasteiger partial charge in [0.05, 0.1) is 0 Å². The molecule has 2 aliphatic rings. The SMILES string of the molecule is CCCOCC(=O)N1CC[C@@H]2CNC[C@@H]2CC1.Cl. The molecule has 106 valence electrons. The molecule has 2 fully saturated rings. The summed E-state index contributed by atoms with van der Waals surface area (Å²) in [5.41, 5.74) is 0. The second-order valence-electron chi connectivity index (χ2n) is 5.19. The van der Waals surface area contributed by atoms with E-state index in [0.717, 1.165) is 57.3 Å². The lowest BCUT2D eigenvalue weighted by Crippen LogP contribution is -2.35. The van der Waals surface area contributed by atoms with E-state index in [-0.39, 0.29) is 24.9 Å². The molecule has 0 aromatic carbocycles. The summed E-state index contributed by atoms with van der Waals surface area (Å²) in [5.74, 6) is 1.74. The van der Waals surface area contributed by atoms with E-state index in [1.54, 1.807) is 0 Å². The Kier molecular flexibility index (Phi) is 6.97. The summed E-state index contributed by atoms with van der Waals surface area (Å²) >= 11 is 0. The summed E-state index contributed by atoms with van der Waals surface area (Å²) in [6, 6.07) is 0. The van der Waals surface area contributed by atoms with Crippen LogP contribution in [0, 0.1) is 11.8 Å². The molecule has 2 saturated heterocycles. The second kappa shape index (κ2) is 7.97. The van der Waals surface area contributed by atoms with Gasteiger partial charge in [-0.05, 0) is 44.2 Å². The number of rotatable bonds is 4. The average Bonchev–Trinajstić information content (AvgIpc) is 2.68. The third-order valence-electron chi connectivity index (χ3n) is 3.95. The molecular formula is C13H25ClN2O2. The molecule has 2 heterocycles. The van der Waals surface area contributed by atoms with Gasteiger partial charge in [0.1, 0.15) is 6.61 Å². The fourth-order valence-corrected chi connectivity index (χ4v) is 2.86. The summed E-state index contributed by atoms with van der Waals surface area (Å²) < 4.78 is 5.33. The first-order valence-electron chi connectivity index (χ1n) is 6.87. The van der Waals surface area contributed by atoms with Crippen molar-refractivity contribution in [3.63, 3.8) is 0 Å². The minimum absolute atomic E-state index is 0. The van der Waals surface area contributed by atoms with Gasteiger partial charge in [0, 0.05) is 19.7 Å². The fraction of sp³-hybridized carbons (Fsp3) is 0.923. The molecule has 2 atom stereocenters. The quantitative estimate of drug-likeness (QED) is 0.787. The lowest BCUT2D eigenvalue weighted by atomic mass is 9.92. The Morgan fingerprint density at radius 2 is 1.89 bits per heavy atom. The van der Waals surface area contributed by atoms with Crippen molar-refractivity contribution in [2.45, 2.75) is 26.2 Å². The number of hydrogen-bond donors (Lipinski definition) is 1.